The second kappa shape index (κ2) is 11.7. The quantitative estimate of drug-likeness (QED) is 0.539. The third kappa shape index (κ3) is 6.83. The van der Waals surface area contributed by atoms with Crippen LogP contribution in [0.15, 0.2) is 35.2 Å². The highest BCUT2D eigenvalue weighted by atomic mass is 32.2. The molecule has 2 N–H and O–H groups in total. The Morgan fingerprint density at radius 3 is 2.37 bits per heavy atom. The first-order valence-electron chi connectivity index (χ1n) is 11.6. The maximum Gasteiger partial charge on any atom is 0.319 e. The molecule has 10 nitrogen and oxygen atoms in total. The average Bonchev–Trinajstić information content (AvgIpc) is 2.82. The lowest BCUT2D eigenvalue weighted by molar-refractivity contribution is 0.170. The van der Waals surface area contributed by atoms with Gasteiger partial charge in [-0.05, 0) is 64.0 Å². The summed E-state index contributed by atoms with van der Waals surface area (Å²) >= 11 is 0. The summed E-state index contributed by atoms with van der Waals surface area (Å²) < 4.78 is 38.6. The van der Waals surface area contributed by atoms with Crippen molar-refractivity contribution in [1.82, 2.24) is 19.5 Å². The molecule has 0 atom stereocenters. The number of carbonyl (C=O) groups is 1. The van der Waals surface area contributed by atoms with Gasteiger partial charge in [0.15, 0.2) is 0 Å². The van der Waals surface area contributed by atoms with E-state index in [1.54, 1.807) is 19.2 Å². The molecule has 1 saturated heterocycles. The summed E-state index contributed by atoms with van der Waals surface area (Å²) in [4.78, 5) is 18.8. The number of rotatable bonds is 9. The van der Waals surface area contributed by atoms with Crippen LogP contribution in [0, 0.1) is 13.8 Å². The summed E-state index contributed by atoms with van der Waals surface area (Å²) in [5.74, 6) is 0.745. The number of aromatic nitrogens is 1. The normalized spacial score (nSPS) is 15.1. The highest BCUT2D eigenvalue weighted by Crippen LogP contribution is 2.32. The lowest BCUT2D eigenvalue weighted by atomic mass is 10.1. The molecule has 11 heteroatoms. The third-order valence-corrected chi connectivity index (χ3v) is 8.08. The molecule has 3 rings (SSSR count). The van der Waals surface area contributed by atoms with Crippen molar-refractivity contribution in [3.05, 3.63) is 41.7 Å². The number of benzene rings is 1. The predicted molar refractivity (Wildman–Crippen MR) is 135 cm³/mol. The second-order valence-corrected chi connectivity index (χ2v) is 10.6. The Balaban J connectivity index is 1.49. The number of anilines is 1. The van der Waals surface area contributed by atoms with Crippen LogP contribution in [0.4, 0.5) is 10.5 Å². The predicted octanol–water partition coefficient (Wildman–Crippen LogP) is 2.62. The smallest absolute Gasteiger partial charge is 0.319 e. The molecule has 1 aliphatic rings. The number of methoxy groups -OCH3 is 2. The zero-order valence-electron chi connectivity index (χ0n) is 21.0. The number of nitrogens with zero attached hydrogens (tertiary/aromatic N) is 3. The van der Waals surface area contributed by atoms with E-state index in [-0.39, 0.29) is 22.7 Å². The molecule has 1 aliphatic heterocycles. The van der Waals surface area contributed by atoms with Gasteiger partial charge in [0, 0.05) is 49.3 Å². The number of piperidine rings is 1. The van der Waals surface area contributed by atoms with Gasteiger partial charge in [-0.25, -0.2) is 13.2 Å². The molecular weight excluding hydrogens is 470 g/mol. The van der Waals surface area contributed by atoms with Gasteiger partial charge in [-0.1, -0.05) is 0 Å². The van der Waals surface area contributed by atoms with E-state index in [1.807, 2.05) is 26.0 Å². The SMILES string of the molecule is COc1ccc(OC)c(S(=O)(=O)N(C)C2CCN(CCNC(=O)Nc3cc(C)nc(C)c3)CC2)c1. The van der Waals surface area contributed by atoms with E-state index in [1.165, 1.54) is 24.6 Å². The fourth-order valence-corrected chi connectivity index (χ4v) is 5.84. The number of aryl methyl sites for hydroxylation is 2. The maximum absolute atomic E-state index is 13.3. The minimum Gasteiger partial charge on any atom is -0.497 e. The van der Waals surface area contributed by atoms with Crippen molar-refractivity contribution >= 4 is 21.7 Å². The summed E-state index contributed by atoms with van der Waals surface area (Å²) in [6, 6.07) is 8.02. The first-order valence-corrected chi connectivity index (χ1v) is 13.0. The van der Waals surface area contributed by atoms with Crippen LogP contribution in [0.25, 0.3) is 0 Å². The molecule has 1 aromatic heterocycles. The number of hydrogen-bond acceptors (Lipinski definition) is 7. The zero-order chi connectivity index (χ0) is 25.6. The Kier molecular flexibility index (Phi) is 8.92. The molecule has 0 unspecified atom stereocenters. The summed E-state index contributed by atoms with van der Waals surface area (Å²) in [7, 11) is 0.807. The van der Waals surface area contributed by atoms with Crippen LogP contribution in [0.5, 0.6) is 11.5 Å². The Morgan fingerprint density at radius 2 is 1.77 bits per heavy atom. The van der Waals surface area contributed by atoms with E-state index in [0.717, 1.165) is 24.5 Å². The summed E-state index contributed by atoms with van der Waals surface area (Å²) in [5.41, 5.74) is 2.41. The lowest BCUT2D eigenvalue weighted by Crippen LogP contribution is -2.47. The van der Waals surface area contributed by atoms with Crippen molar-refractivity contribution in [2.24, 2.45) is 0 Å². The van der Waals surface area contributed by atoms with Gasteiger partial charge >= 0.3 is 6.03 Å². The number of nitrogens with one attached hydrogen (secondary N) is 2. The van der Waals surface area contributed by atoms with E-state index in [0.29, 0.717) is 37.4 Å². The molecule has 2 amide bonds. The largest absolute Gasteiger partial charge is 0.497 e. The van der Waals surface area contributed by atoms with Crippen LogP contribution in [0.1, 0.15) is 24.2 Å². The Bertz CT molecular complexity index is 1110. The van der Waals surface area contributed by atoms with Crippen molar-refractivity contribution in [3.63, 3.8) is 0 Å². The van der Waals surface area contributed by atoms with Crippen molar-refractivity contribution in [1.29, 1.82) is 0 Å². The fraction of sp³-hybridized carbons (Fsp3) is 0.500. The number of hydrogen-bond donors (Lipinski definition) is 2. The summed E-state index contributed by atoms with van der Waals surface area (Å²) in [5, 5.41) is 5.71. The van der Waals surface area contributed by atoms with Crippen LogP contribution < -0.4 is 20.1 Å². The minimum absolute atomic E-state index is 0.0964. The Hall–Kier alpha value is -2.89. The molecule has 0 radical (unpaired) electrons. The Labute approximate surface area is 207 Å². The Morgan fingerprint density at radius 1 is 1.11 bits per heavy atom. The minimum atomic E-state index is -3.76. The molecule has 2 aromatic rings. The number of ether oxygens (including phenoxy) is 2. The molecule has 192 valence electrons. The van der Waals surface area contributed by atoms with E-state index >= 15 is 0 Å². The monoisotopic (exact) mass is 505 g/mol. The van der Waals surface area contributed by atoms with Gasteiger partial charge in [0.2, 0.25) is 10.0 Å². The first-order chi connectivity index (χ1) is 16.6. The van der Waals surface area contributed by atoms with Gasteiger partial charge in [-0.3, -0.25) is 4.98 Å². The highest BCUT2D eigenvalue weighted by Gasteiger charge is 2.33. The van der Waals surface area contributed by atoms with Gasteiger partial charge in [-0.15, -0.1) is 0 Å². The van der Waals surface area contributed by atoms with Gasteiger partial charge in [0.25, 0.3) is 0 Å². The maximum atomic E-state index is 13.3. The summed E-state index contributed by atoms with van der Waals surface area (Å²) in [6.45, 7) is 6.44. The second-order valence-electron chi connectivity index (χ2n) is 8.63. The van der Waals surface area contributed by atoms with E-state index in [2.05, 4.69) is 20.5 Å². The van der Waals surface area contributed by atoms with Crippen molar-refractivity contribution in [3.8, 4) is 11.5 Å². The van der Waals surface area contributed by atoms with Crippen LogP contribution in [-0.2, 0) is 10.0 Å². The standard InChI is InChI=1S/C24H35N5O5S/c1-17-14-19(15-18(2)26-17)27-24(30)25-10-13-29-11-8-20(9-12-29)28(3)35(31,32)23-16-21(33-4)6-7-22(23)34-5/h6-7,14-16,20H,8-13H2,1-5H3,(H2,25,26,27,30). The average molecular weight is 506 g/mol. The lowest BCUT2D eigenvalue weighted by Gasteiger charge is -2.36. The third-order valence-electron chi connectivity index (χ3n) is 6.15. The first kappa shape index (κ1) is 26.7. The number of sulfonamides is 1. The molecule has 2 heterocycles. The molecule has 0 bridgehead atoms. The summed E-state index contributed by atoms with van der Waals surface area (Å²) in [6.07, 6.45) is 1.40. The fourth-order valence-electron chi connectivity index (χ4n) is 4.25. The van der Waals surface area contributed by atoms with Crippen molar-refractivity contribution in [2.45, 2.75) is 37.6 Å². The van der Waals surface area contributed by atoms with Crippen LogP contribution in [-0.4, -0.2) is 82.1 Å². The molecule has 0 aliphatic carbocycles. The zero-order valence-corrected chi connectivity index (χ0v) is 21.8. The molecule has 0 saturated carbocycles. The topological polar surface area (TPSA) is 113 Å². The molecular formula is C24H35N5O5S. The van der Waals surface area contributed by atoms with Crippen LogP contribution in [0.3, 0.4) is 0 Å². The van der Waals surface area contributed by atoms with Crippen molar-refractivity contribution in [2.75, 3.05) is 52.8 Å². The van der Waals surface area contributed by atoms with E-state index in [4.69, 9.17) is 9.47 Å². The molecule has 1 aromatic carbocycles. The van der Waals surface area contributed by atoms with Crippen LogP contribution in [0.2, 0.25) is 0 Å². The number of urea groups is 1. The number of amides is 2. The number of carbonyl (C=O) groups excluding carboxylic acids is 1. The van der Waals surface area contributed by atoms with Gasteiger partial charge < -0.3 is 25.0 Å². The molecule has 1 fully saturated rings. The number of pyridine rings is 1. The van der Waals surface area contributed by atoms with Gasteiger partial charge in [-0.2, -0.15) is 4.31 Å². The van der Waals surface area contributed by atoms with Gasteiger partial charge in [0.1, 0.15) is 16.4 Å². The molecule has 35 heavy (non-hydrogen) atoms. The van der Waals surface area contributed by atoms with Gasteiger partial charge in [0.05, 0.1) is 14.2 Å². The van der Waals surface area contributed by atoms with E-state index < -0.39 is 10.0 Å². The van der Waals surface area contributed by atoms with Crippen molar-refractivity contribution < 1.29 is 22.7 Å². The molecule has 0 spiro atoms. The highest BCUT2D eigenvalue weighted by molar-refractivity contribution is 7.89. The number of likely N-dealkylation sites (tertiary alicyclic amines) is 1. The van der Waals surface area contributed by atoms with Crippen LogP contribution >= 0.6 is 0 Å². The van der Waals surface area contributed by atoms with E-state index in [9.17, 15) is 13.2 Å².